The fourth-order valence-electron chi connectivity index (χ4n) is 6.74. The third-order valence-electron chi connectivity index (χ3n) is 7.91. The lowest BCUT2D eigenvalue weighted by molar-refractivity contribution is 0.795. The largest absolute Gasteiger partial charge is 0.287 e. The van der Waals surface area contributed by atoms with E-state index in [1.54, 1.807) is 12.4 Å². The first-order chi connectivity index (χ1) is 17.4. The van der Waals surface area contributed by atoms with Crippen LogP contribution < -0.4 is 0 Å². The molecule has 0 N–H and O–H groups in total. The minimum atomic E-state index is -0.386. The predicted molar refractivity (Wildman–Crippen MR) is 136 cm³/mol. The Morgan fingerprint density at radius 3 is 1.83 bits per heavy atom. The minimum Gasteiger partial charge on any atom is -0.287 e. The Morgan fingerprint density at radius 2 is 1.11 bits per heavy atom. The topological polar surface area (TPSA) is 47.5 Å². The maximum Gasteiger partial charge on any atom is 0.182 e. The van der Waals surface area contributed by atoms with Gasteiger partial charge in [-0.25, -0.2) is 15.0 Å². The van der Waals surface area contributed by atoms with E-state index >= 15 is 0 Å². The molecule has 4 heterocycles. The lowest BCUT2D eigenvalue weighted by atomic mass is 9.71. The molecule has 162 valence electrons. The summed E-state index contributed by atoms with van der Waals surface area (Å²) in [6, 6.07) is 28.9. The molecule has 1 spiro atoms. The summed E-state index contributed by atoms with van der Waals surface area (Å²) in [6.45, 7) is 0. The maximum atomic E-state index is 4.82. The van der Waals surface area contributed by atoms with Gasteiger partial charge >= 0.3 is 0 Å². The fourth-order valence-corrected chi connectivity index (χ4v) is 6.74. The molecule has 2 aliphatic rings. The van der Waals surface area contributed by atoms with Gasteiger partial charge in [-0.05, 0) is 39.4 Å². The van der Waals surface area contributed by atoms with Crippen LogP contribution in [0.2, 0.25) is 0 Å². The number of hydrogen-bond acceptors (Lipinski definition) is 3. The van der Waals surface area contributed by atoms with E-state index < -0.39 is 0 Å². The Hall–Kier alpha value is -4.77. The van der Waals surface area contributed by atoms with Crippen LogP contribution in [0, 0.1) is 0 Å². The van der Waals surface area contributed by atoms with Gasteiger partial charge < -0.3 is 0 Å². The molecule has 9 rings (SSSR count). The van der Waals surface area contributed by atoms with E-state index in [4.69, 9.17) is 15.0 Å². The third-order valence-corrected chi connectivity index (χ3v) is 7.91. The highest BCUT2D eigenvalue weighted by Crippen LogP contribution is 2.63. The molecule has 0 radical (unpaired) electrons. The predicted octanol–water partition coefficient (Wildman–Crippen LogP) is 5.87. The van der Waals surface area contributed by atoms with Gasteiger partial charge in [0.05, 0.1) is 16.6 Å². The molecule has 5 nitrogen and oxygen atoms in total. The van der Waals surface area contributed by atoms with Crippen molar-refractivity contribution >= 4 is 22.5 Å². The molecule has 0 amide bonds. The van der Waals surface area contributed by atoms with Crippen molar-refractivity contribution in [2.45, 2.75) is 5.41 Å². The summed E-state index contributed by atoms with van der Waals surface area (Å²) >= 11 is 0. The monoisotopic (exact) mass is 447 g/mol. The molecule has 5 heteroatoms. The van der Waals surface area contributed by atoms with Gasteiger partial charge in [-0.3, -0.25) is 8.80 Å². The van der Waals surface area contributed by atoms with Crippen molar-refractivity contribution in [1.29, 1.82) is 0 Å². The minimum absolute atomic E-state index is 0.386. The molecule has 0 saturated heterocycles. The molecule has 0 fully saturated rings. The molecule has 0 aliphatic heterocycles. The second-order valence-corrected chi connectivity index (χ2v) is 9.34. The van der Waals surface area contributed by atoms with Crippen LogP contribution in [0.25, 0.3) is 44.8 Å². The van der Waals surface area contributed by atoms with Crippen LogP contribution >= 0.6 is 0 Å². The van der Waals surface area contributed by atoms with E-state index in [-0.39, 0.29) is 5.41 Å². The average Bonchev–Trinajstić information content (AvgIpc) is 3.66. The Balaban J connectivity index is 1.58. The van der Waals surface area contributed by atoms with Crippen LogP contribution in [0.4, 0.5) is 0 Å². The summed E-state index contributed by atoms with van der Waals surface area (Å²) in [5.74, 6) is 0. The molecular formula is C30H17N5. The molecule has 4 aromatic heterocycles. The van der Waals surface area contributed by atoms with E-state index in [2.05, 4.69) is 83.3 Å². The molecule has 2 aliphatic carbocycles. The number of hydrogen-bond donors (Lipinski definition) is 0. The van der Waals surface area contributed by atoms with Crippen LogP contribution in [0.1, 0.15) is 22.3 Å². The number of imidazole rings is 1. The van der Waals surface area contributed by atoms with Gasteiger partial charge in [-0.2, -0.15) is 0 Å². The summed E-state index contributed by atoms with van der Waals surface area (Å²) in [4.78, 5) is 14.3. The van der Waals surface area contributed by atoms with Crippen molar-refractivity contribution in [2.24, 2.45) is 0 Å². The number of fused-ring (bicyclic) bond motifs is 17. The van der Waals surface area contributed by atoms with E-state index in [0.29, 0.717) is 0 Å². The second kappa shape index (κ2) is 5.83. The van der Waals surface area contributed by atoms with Crippen LogP contribution in [0.5, 0.6) is 0 Å². The molecule has 7 aromatic rings. The van der Waals surface area contributed by atoms with Crippen molar-refractivity contribution < 1.29 is 0 Å². The van der Waals surface area contributed by atoms with Crippen LogP contribution in [0.3, 0.4) is 0 Å². The average molecular weight is 448 g/mol. The van der Waals surface area contributed by atoms with Gasteiger partial charge in [-0.1, -0.05) is 72.8 Å². The highest BCUT2D eigenvalue weighted by Gasteiger charge is 2.53. The van der Waals surface area contributed by atoms with Crippen molar-refractivity contribution in [3.05, 3.63) is 126 Å². The summed E-state index contributed by atoms with van der Waals surface area (Å²) < 4.78 is 4.32. The Bertz CT molecular complexity index is 1980. The maximum absolute atomic E-state index is 4.82. The zero-order valence-electron chi connectivity index (χ0n) is 18.6. The lowest BCUT2D eigenvalue weighted by Gasteiger charge is -2.29. The zero-order valence-corrected chi connectivity index (χ0v) is 18.6. The molecule has 0 saturated carbocycles. The molecular weight excluding hydrogens is 430 g/mol. The van der Waals surface area contributed by atoms with Crippen molar-refractivity contribution in [1.82, 2.24) is 23.8 Å². The van der Waals surface area contributed by atoms with Crippen LogP contribution in [0.15, 0.2) is 104 Å². The van der Waals surface area contributed by atoms with Gasteiger partial charge in [0.15, 0.2) is 16.9 Å². The Labute approximate surface area is 200 Å². The van der Waals surface area contributed by atoms with Gasteiger partial charge in [0.2, 0.25) is 0 Å². The summed E-state index contributed by atoms with van der Waals surface area (Å²) in [5.41, 5.74) is 13.5. The normalized spacial score (nSPS) is 14.5. The van der Waals surface area contributed by atoms with Crippen molar-refractivity contribution in [3.63, 3.8) is 0 Å². The zero-order chi connectivity index (χ0) is 22.7. The molecule has 3 aromatic carbocycles. The number of rotatable bonds is 0. The SMILES string of the molecule is c1ccc2c(c1)-c1ccccc1C21c2ccccc2-c2c1cc1c3nccn3c3nccnc3n21. The summed E-state index contributed by atoms with van der Waals surface area (Å²) in [6.07, 6.45) is 7.32. The second-order valence-electron chi connectivity index (χ2n) is 9.34. The molecule has 35 heavy (non-hydrogen) atoms. The van der Waals surface area contributed by atoms with Gasteiger partial charge in [0.25, 0.3) is 0 Å². The number of nitrogens with zero attached hydrogens (tertiary/aromatic N) is 5. The fraction of sp³-hybridized carbons (Fsp3) is 0.0333. The molecule has 0 unspecified atom stereocenters. The van der Waals surface area contributed by atoms with Crippen LogP contribution in [-0.2, 0) is 5.41 Å². The summed E-state index contributed by atoms with van der Waals surface area (Å²) in [7, 11) is 0. The molecule has 0 bridgehead atoms. The lowest BCUT2D eigenvalue weighted by Crippen LogP contribution is -2.25. The first-order valence-corrected chi connectivity index (χ1v) is 11.8. The molecule has 0 atom stereocenters. The van der Waals surface area contributed by atoms with Crippen molar-refractivity contribution in [2.75, 3.05) is 0 Å². The van der Waals surface area contributed by atoms with Gasteiger partial charge in [0, 0.05) is 30.4 Å². The van der Waals surface area contributed by atoms with Gasteiger partial charge in [0.1, 0.15) is 0 Å². The quantitative estimate of drug-likeness (QED) is 0.292. The highest BCUT2D eigenvalue weighted by atomic mass is 15.1. The summed E-state index contributed by atoms with van der Waals surface area (Å²) in [5, 5.41) is 0. The standard InChI is InChI=1S/C30H17N5/c1-4-10-21-18(7-1)19-8-2-5-11-22(19)30(21)23-12-6-3-9-20(23)26-24(30)17-25-27-33-15-16-34(27)28-29(35(25)26)32-14-13-31-28/h1-17H. The van der Waals surface area contributed by atoms with E-state index in [9.17, 15) is 0 Å². The number of benzene rings is 3. The Kier molecular flexibility index (Phi) is 2.94. The third kappa shape index (κ3) is 1.82. The number of aromatic nitrogens is 5. The Morgan fingerprint density at radius 1 is 0.543 bits per heavy atom. The van der Waals surface area contributed by atoms with E-state index in [0.717, 1.165) is 22.5 Å². The highest BCUT2D eigenvalue weighted by molar-refractivity contribution is 5.99. The first kappa shape index (κ1) is 17.7. The first-order valence-electron chi connectivity index (χ1n) is 11.8. The van der Waals surface area contributed by atoms with E-state index in [1.165, 1.54) is 44.6 Å². The van der Waals surface area contributed by atoms with Gasteiger partial charge in [-0.15, -0.1) is 0 Å². The smallest absolute Gasteiger partial charge is 0.182 e. The van der Waals surface area contributed by atoms with Crippen LogP contribution in [-0.4, -0.2) is 23.8 Å². The van der Waals surface area contributed by atoms with E-state index in [1.807, 2.05) is 16.8 Å². The van der Waals surface area contributed by atoms with Crippen molar-refractivity contribution in [3.8, 4) is 22.4 Å².